The molecule has 5 nitrogen and oxygen atoms in total. The maximum absolute atomic E-state index is 11.5. The number of carboxylic acids is 1. The summed E-state index contributed by atoms with van der Waals surface area (Å²) in [5.74, 6) is -1.09. The van der Waals surface area contributed by atoms with E-state index < -0.39 is 18.0 Å². The molecule has 3 N–H and O–H groups in total. The molecule has 1 aromatic rings. The SMILES string of the molecule is CC(NC(=O)N[C@@H](C)C(=O)O)c1ccccc1Cl. The monoisotopic (exact) mass is 270 g/mol. The second-order valence-corrected chi connectivity index (χ2v) is 4.33. The van der Waals surface area contributed by atoms with E-state index in [0.717, 1.165) is 5.56 Å². The predicted octanol–water partition coefficient (Wildman–Crippen LogP) is 2.17. The molecule has 0 saturated heterocycles. The normalized spacial score (nSPS) is 13.5. The number of carbonyl (C=O) groups is 2. The summed E-state index contributed by atoms with van der Waals surface area (Å²) in [5, 5.41) is 14.1. The lowest BCUT2D eigenvalue weighted by molar-refractivity contribution is -0.138. The Hall–Kier alpha value is -1.75. The highest BCUT2D eigenvalue weighted by molar-refractivity contribution is 6.31. The first-order valence-electron chi connectivity index (χ1n) is 5.46. The topological polar surface area (TPSA) is 78.4 Å². The van der Waals surface area contributed by atoms with Gasteiger partial charge in [0.1, 0.15) is 6.04 Å². The smallest absolute Gasteiger partial charge is 0.325 e. The minimum atomic E-state index is -1.09. The number of aliphatic carboxylic acids is 1. The highest BCUT2D eigenvalue weighted by Gasteiger charge is 2.16. The van der Waals surface area contributed by atoms with Crippen molar-refractivity contribution in [2.75, 3.05) is 0 Å². The number of amides is 2. The third-order valence-electron chi connectivity index (χ3n) is 2.44. The maximum Gasteiger partial charge on any atom is 0.325 e. The fraction of sp³-hybridized carbons (Fsp3) is 0.333. The zero-order chi connectivity index (χ0) is 13.7. The largest absolute Gasteiger partial charge is 0.480 e. The molecule has 1 aromatic carbocycles. The van der Waals surface area contributed by atoms with Gasteiger partial charge in [0.25, 0.3) is 0 Å². The lowest BCUT2D eigenvalue weighted by Crippen LogP contribution is -2.45. The highest BCUT2D eigenvalue weighted by atomic mass is 35.5. The van der Waals surface area contributed by atoms with Gasteiger partial charge in [-0.2, -0.15) is 0 Å². The van der Waals surface area contributed by atoms with Crippen molar-refractivity contribution in [1.29, 1.82) is 0 Å². The molecule has 0 aliphatic carbocycles. The van der Waals surface area contributed by atoms with Gasteiger partial charge in [-0.05, 0) is 25.5 Å². The Morgan fingerprint density at radius 2 is 1.83 bits per heavy atom. The molecule has 6 heteroatoms. The third kappa shape index (κ3) is 3.92. The van der Waals surface area contributed by atoms with Gasteiger partial charge in [0.05, 0.1) is 6.04 Å². The number of benzene rings is 1. The van der Waals surface area contributed by atoms with Gasteiger partial charge in [0.15, 0.2) is 0 Å². The summed E-state index contributed by atoms with van der Waals surface area (Å²) in [7, 11) is 0. The molecule has 2 amide bonds. The summed E-state index contributed by atoms with van der Waals surface area (Å²) in [6.07, 6.45) is 0. The first kappa shape index (κ1) is 14.3. The molecule has 0 aliphatic rings. The number of carboxylic acid groups (broad SMARTS) is 1. The van der Waals surface area contributed by atoms with Crippen LogP contribution in [0.15, 0.2) is 24.3 Å². The number of carbonyl (C=O) groups excluding carboxylic acids is 1. The molecule has 2 atom stereocenters. The Morgan fingerprint density at radius 1 is 1.22 bits per heavy atom. The highest BCUT2D eigenvalue weighted by Crippen LogP contribution is 2.21. The molecule has 0 bridgehead atoms. The van der Waals surface area contributed by atoms with Crippen LogP contribution >= 0.6 is 11.6 Å². The van der Waals surface area contributed by atoms with Gasteiger partial charge in [-0.1, -0.05) is 29.8 Å². The average molecular weight is 271 g/mol. The number of hydrogen-bond donors (Lipinski definition) is 3. The van der Waals surface area contributed by atoms with E-state index in [4.69, 9.17) is 16.7 Å². The Labute approximate surface area is 110 Å². The molecular weight excluding hydrogens is 256 g/mol. The third-order valence-corrected chi connectivity index (χ3v) is 2.78. The fourth-order valence-corrected chi connectivity index (χ4v) is 1.70. The Balaban J connectivity index is 2.60. The first-order chi connectivity index (χ1) is 8.41. The number of halogens is 1. The molecule has 0 fully saturated rings. The van der Waals surface area contributed by atoms with E-state index in [1.54, 1.807) is 25.1 Å². The molecule has 0 radical (unpaired) electrons. The lowest BCUT2D eigenvalue weighted by atomic mass is 10.1. The maximum atomic E-state index is 11.5. The van der Waals surface area contributed by atoms with Crippen molar-refractivity contribution in [3.63, 3.8) is 0 Å². The predicted molar refractivity (Wildman–Crippen MR) is 68.6 cm³/mol. The first-order valence-corrected chi connectivity index (χ1v) is 5.84. The standard InChI is InChI=1S/C12H15ClN2O3/c1-7(9-5-3-4-6-10(9)13)14-12(18)15-8(2)11(16)17/h3-8H,1-2H3,(H,16,17)(H2,14,15,18)/t7?,8-/m0/s1. The molecule has 0 saturated carbocycles. The van der Waals surface area contributed by atoms with Crippen LogP contribution in [0.5, 0.6) is 0 Å². The number of urea groups is 1. The molecule has 18 heavy (non-hydrogen) atoms. The van der Waals surface area contributed by atoms with Crippen molar-refractivity contribution in [2.24, 2.45) is 0 Å². The van der Waals surface area contributed by atoms with E-state index in [2.05, 4.69) is 10.6 Å². The zero-order valence-corrected chi connectivity index (χ0v) is 10.9. The van der Waals surface area contributed by atoms with E-state index in [9.17, 15) is 9.59 Å². The molecule has 0 aromatic heterocycles. The average Bonchev–Trinajstić information content (AvgIpc) is 2.28. The van der Waals surface area contributed by atoms with Crippen LogP contribution in [0.25, 0.3) is 0 Å². The number of hydrogen-bond acceptors (Lipinski definition) is 2. The quantitative estimate of drug-likeness (QED) is 0.785. The van der Waals surface area contributed by atoms with Gasteiger partial charge >= 0.3 is 12.0 Å². The minimum absolute atomic E-state index is 0.306. The Bertz CT molecular complexity index is 451. The van der Waals surface area contributed by atoms with E-state index in [1.165, 1.54) is 6.92 Å². The van der Waals surface area contributed by atoms with Crippen LogP contribution in [-0.4, -0.2) is 23.1 Å². The van der Waals surface area contributed by atoms with Gasteiger partial charge in [-0.25, -0.2) is 4.79 Å². The van der Waals surface area contributed by atoms with Crippen LogP contribution in [0.1, 0.15) is 25.5 Å². The molecule has 1 rings (SSSR count). The summed E-state index contributed by atoms with van der Waals surface area (Å²) >= 11 is 5.99. The van der Waals surface area contributed by atoms with Gasteiger partial charge in [0.2, 0.25) is 0 Å². The zero-order valence-electron chi connectivity index (χ0n) is 10.1. The molecule has 98 valence electrons. The van der Waals surface area contributed by atoms with Crippen molar-refractivity contribution in [3.05, 3.63) is 34.9 Å². The van der Waals surface area contributed by atoms with E-state index in [-0.39, 0.29) is 6.04 Å². The van der Waals surface area contributed by atoms with Crippen LogP contribution in [0.3, 0.4) is 0 Å². The molecule has 0 aliphatic heterocycles. The van der Waals surface area contributed by atoms with Gasteiger partial charge in [-0.15, -0.1) is 0 Å². The van der Waals surface area contributed by atoms with Crippen molar-refractivity contribution in [2.45, 2.75) is 25.9 Å². The minimum Gasteiger partial charge on any atom is -0.480 e. The second kappa shape index (κ2) is 6.26. The summed E-state index contributed by atoms with van der Waals surface area (Å²) in [6, 6.07) is 5.35. The second-order valence-electron chi connectivity index (χ2n) is 3.92. The van der Waals surface area contributed by atoms with Crippen LogP contribution < -0.4 is 10.6 Å². The van der Waals surface area contributed by atoms with Crippen molar-refractivity contribution < 1.29 is 14.7 Å². The van der Waals surface area contributed by atoms with Crippen LogP contribution in [0.4, 0.5) is 4.79 Å². The van der Waals surface area contributed by atoms with E-state index in [1.807, 2.05) is 6.07 Å². The van der Waals surface area contributed by atoms with Crippen LogP contribution in [-0.2, 0) is 4.79 Å². The summed E-state index contributed by atoms with van der Waals surface area (Å²) < 4.78 is 0. The van der Waals surface area contributed by atoms with Gasteiger partial charge in [-0.3, -0.25) is 4.79 Å². The van der Waals surface area contributed by atoms with Crippen LogP contribution in [0, 0.1) is 0 Å². The van der Waals surface area contributed by atoms with Crippen LogP contribution in [0.2, 0.25) is 5.02 Å². The van der Waals surface area contributed by atoms with Gasteiger partial charge in [0, 0.05) is 5.02 Å². The summed E-state index contributed by atoms with van der Waals surface area (Å²) in [6.45, 7) is 3.16. The molecule has 1 unspecified atom stereocenters. The lowest BCUT2D eigenvalue weighted by Gasteiger charge is -2.17. The van der Waals surface area contributed by atoms with E-state index in [0.29, 0.717) is 5.02 Å². The van der Waals surface area contributed by atoms with Gasteiger partial charge < -0.3 is 15.7 Å². The van der Waals surface area contributed by atoms with E-state index >= 15 is 0 Å². The molecular formula is C12H15ClN2O3. The van der Waals surface area contributed by atoms with Crippen molar-refractivity contribution in [3.8, 4) is 0 Å². The Kier molecular flexibility index (Phi) is 4.97. The summed E-state index contributed by atoms with van der Waals surface area (Å²) in [5.41, 5.74) is 0.775. The molecule has 0 heterocycles. The molecule has 0 spiro atoms. The van der Waals surface area contributed by atoms with Crippen molar-refractivity contribution >= 4 is 23.6 Å². The summed E-state index contributed by atoms with van der Waals surface area (Å²) in [4.78, 5) is 22.1. The fourth-order valence-electron chi connectivity index (χ4n) is 1.40. The number of rotatable bonds is 4. The number of nitrogens with one attached hydrogen (secondary N) is 2. The van der Waals surface area contributed by atoms with Crippen molar-refractivity contribution in [1.82, 2.24) is 10.6 Å². The Morgan fingerprint density at radius 3 is 2.39 bits per heavy atom.